The average molecular weight is 460 g/mol. The Hall–Kier alpha value is -4.06. The molecule has 0 saturated carbocycles. The lowest BCUT2D eigenvalue weighted by Crippen LogP contribution is -2.20. The summed E-state index contributed by atoms with van der Waals surface area (Å²) in [6.45, 7) is 4.19. The monoisotopic (exact) mass is 459 g/mol. The zero-order chi connectivity index (χ0) is 24.2. The number of aryl methyl sites for hydroxylation is 1. The van der Waals surface area contributed by atoms with Crippen LogP contribution in [0, 0.1) is 12.7 Å². The van der Waals surface area contributed by atoms with Gasteiger partial charge in [-0.25, -0.2) is 4.39 Å². The lowest BCUT2D eigenvalue weighted by atomic mass is 9.96. The van der Waals surface area contributed by atoms with E-state index in [1.165, 1.54) is 12.1 Å². The number of hydrogen-bond acceptors (Lipinski definition) is 4. The number of ether oxygens (including phenoxy) is 2. The van der Waals surface area contributed by atoms with Crippen molar-refractivity contribution in [3.63, 3.8) is 0 Å². The third-order valence-electron chi connectivity index (χ3n) is 5.80. The molecule has 4 rings (SSSR count). The highest BCUT2D eigenvalue weighted by Crippen LogP contribution is 2.40. The molecule has 0 aliphatic carbocycles. The number of amides is 1. The highest BCUT2D eigenvalue weighted by Gasteiger charge is 2.19. The van der Waals surface area contributed by atoms with Crippen LogP contribution in [-0.4, -0.2) is 20.1 Å². The number of rotatable bonds is 7. The van der Waals surface area contributed by atoms with Gasteiger partial charge in [-0.05, 0) is 60.9 Å². The number of nitrogens with one attached hydrogen (secondary N) is 1. The maximum atomic E-state index is 13.4. The third-order valence-corrected chi connectivity index (χ3v) is 5.80. The van der Waals surface area contributed by atoms with E-state index >= 15 is 0 Å². The first kappa shape index (κ1) is 23.1. The molecule has 4 aromatic rings. The molecule has 0 atom stereocenters. The summed E-state index contributed by atoms with van der Waals surface area (Å²) in [7, 11) is 3.21. The third kappa shape index (κ3) is 4.66. The van der Waals surface area contributed by atoms with Gasteiger partial charge < -0.3 is 19.2 Å². The summed E-state index contributed by atoms with van der Waals surface area (Å²) in [5.74, 6) is 0.903. The Morgan fingerprint density at radius 1 is 1.06 bits per heavy atom. The number of fused-ring (bicyclic) bond motifs is 1. The zero-order valence-corrected chi connectivity index (χ0v) is 19.6. The molecule has 0 saturated heterocycles. The highest BCUT2D eigenvalue weighted by molar-refractivity contribution is 6.01. The van der Waals surface area contributed by atoms with Crippen molar-refractivity contribution in [2.45, 2.75) is 20.4 Å². The molecule has 0 fully saturated rings. The Morgan fingerprint density at radius 3 is 2.41 bits per heavy atom. The molecule has 0 aliphatic heterocycles. The Morgan fingerprint density at radius 2 is 1.76 bits per heavy atom. The van der Waals surface area contributed by atoms with Gasteiger partial charge in [0.1, 0.15) is 22.9 Å². The molecule has 3 aromatic carbocycles. The molecule has 1 aromatic heterocycles. The quantitative estimate of drug-likeness (QED) is 0.330. The largest absolute Gasteiger partial charge is 0.497 e. The van der Waals surface area contributed by atoms with Crippen molar-refractivity contribution in [3.05, 3.63) is 89.4 Å². The number of benzene rings is 3. The molecule has 0 aliphatic rings. The number of methoxy groups -OCH3 is 2. The van der Waals surface area contributed by atoms with Gasteiger partial charge in [0.2, 0.25) is 5.91 Å². The van der Waals surface area contributed by atoms with E-state index < -0.39 is 0 Å². The molecule has 0 radical (unpaired) electrons. The Balaban J connectivity index is 1.64. The van der Waals surface area contributed by atoms with Gasteiger partial charge in [0.15, 0.2) is 0 Å². The molecule has 174 valence electrons. The summed E-state index contributed by atoms with van der Waals surface area (Å²) in [5.41, 5.74) is 5.72. The minimum atomic E-state index is -0.297. The van der Waals surface area contributed by atoms with E-state index in [9.17, 15) is 9.18 Å². The lowest BCUT2D eigenvalue weighted by Gasteiger charge is -2.13. The average Bonchev–Trinajstić information content (AvgIpc) is 3.28. The maximum absolute atomic E-state index is 13.4. The van der Waals surface area contributed by atoms with E-state index in [4.69, 9.17) is 13.9 Å². The normalized spacial score (nSPS) is 11.5. The van der Waals surface area contributed by atoms with Crippen LogP contribution in [0.1, 0.15) is 23.6 Å². The van der Waals surface area contributed by atoms with Crippen LogP contribution in [-0.2, 0) is 11.3 Å². The molecule has 1 N–H and O–H groups in total. The Bertz CT molecular complexity index is 1350. The Kier molecular flexibility index (Phi) is 6.68. The van der Waals surface area contributed by atoms with E-state index in [-0.39, 0.29) is 11.7 Å². The minimum Gasteiger partial charge on any atom is -0.497 e. The first-order valence-electron chi connectivity index (χ1n) is 10.9. The fourth-order valence-corrected chi connectivity index (χ4v) is 3.98. The Labute approximate surface area is 197 Å². The van der Waals surface area contributed by atoms with E-state index in [1.54, 1.807) is 38.7 Å². The summed E-state index contributed by atoms with van der Waals surface area (Å²) in [5, 5.41) is 3.78. The van der Waals surface area contributed by atoms with Crippen molar-refractivity contribution in [1.29, 1.82) is 0 Å². The number of halogens is 1. The second-order valence-electron chi connectivity index (χ2n) is 8.01. The smallest absolute Gasteiger partial charge is 0.244 e. The number of carbonyl (C=O) groups is 1. The summed E-state index contributed by atoms with van der Waals surface area (Å²) < 4.78 is 30.1. The summed E-state index contributed by atoms with van der Waals surface area (Å²) in [6, 6.07) is 15.8. The molecular formula is C28H26FNO4. The van der Waals surface area contributed by atoms with Crippen LogP contribution < -0.4 is 14.8 Å². The van der Waals surface area contributed by atoms with Crippen molar-refractivity contribution >= 4 is 22.4 Å². The van der Waals surface area contributed by atoms with Crippen LogP contribution in [0.5, 0.6) is 11.5 Å². The number of furan rings is 1. The maximum Gasteiger partial charge on any atom is 0.244 e. The fraction of sp³-hybridized carbons (Fsp3) is 0.179. The van der Waals surface area contributed by atoms with Gasteiger partial charge in [0.05, 0.1) is 20.5 Å². The first-order valence-corrected chi connectivity index (χ1v) is 10.9. The predicted octanol–water partition coefficient (Wildman–Crippen LogP) is 6.28. The summed E-state index contributed by atoms with van der Waals surface area (Å²) in [4.78, 5) is 12.6. The molecule has 0 bridgehead atoms. The van der Waals surface area contributed by atoms with Gasteiger partial charge in [-0.15, -0.1) is 0 Å². The molecule has 5 nitrogen and oxygen atoms in total. The summed E-state index contributed by atoms with van der Waals surface area (Å²) in [6.07, 6.45) is 3.22. The highest BCUT2D eigenvalue weighted by atomic mass is 19.1. The topological polar surface area (TPSA) is 60.7 Å². The predicted molar refractivity (Wildman–Crippen MR) is 131 cm³/mol. The van der Waals surface area contributed by atoms with Gasteiger partial charge >= 0.3 is 0 Å². The molecule has 1 heterocycles. The van der Waals surface area contributed by atoms with Crippen LogP contribution in [0.2, 0.25) is 0 Å². The van der Waals surface area contributed by atoms with Crippen molar-refractivity contribution < 1.29 is 23.1 Å². The molecule has 1 amide bonds. The van der Waals surface area contributed by atoms with Crippen LogP contribution in [0.25, 0.3) is 27.7 Å². The van der Waals surface area contributed by atoms with Crippen molar-refractivity contribution in [1.82, 2.24) is 5.32 Å². The fourth-order valence-electron chi connectivity index (χ4n) is 3.98. The van der Waals surface area contributed by atoms with Gasteiger partial charge in [0, 0.05) is 34.7 Å². The van der Waals surface area contributed by atoms with Crippen LogP contribution in [0.15, 0.2) is 71.4 Å². The second-order valence-corrected chi connectivity index (χ2v) is 8.01. The standard InChI is InChI=1S/C28H26FNO4/c1-17(13-26(31)30-15-19-5-11-22(32-3)12-6-19)23-14-24-25(20-7-9-21(29)10-8-20)16-34-28(24)18(2)27(23)33-4/h5-14,16H,15H2,1-4H3,(H,30,31)/b17-13+. The molecular weight excluding hydrogens is 433 g/mol. The SMILES string of the molecule is COc1ccc(CNC(=O)/C=C(\C)c2cc3c(-c4ccc(F)cc4)coc3c(C)c2OC)cc1. The number of hydrogen-bond donors (Lipinski definition) is 1. The van der Waals surface area contributed by atoms with E-state index in [1.807, 2.05) is 44.2 Å². The van der Waals surface area contributed by atoms with Gasteiger partial charge in [-0.3, -0.25) is 4.79 Å². The van der Waals surface area contributed by atoms with Crippen LogP contribution in [0.4, 0.5) is 4.39 Å². The van der Waals surface area contributed by atoms with E-state index in [2.05, 4.69) is 5.32 Å². The second kappa shape index (κ2) is 9.83. The van der Waals surface area contributed by atoms with Crippen molar-refractivity contribution in [2.24, 2.45) is 0 Å². The van der Waals surface area contributed by atoms with Gasteiger partial charge in [-0.1, -0.05) is 24.3 Å². The van der Waals surface area contributed by atoms with Crippen LogP contribution in [0.3, 0.4) is 0 Å². The van der Waals surface area contributed by atoms with E-state index in [0.717, 1.165) is 44.5 Å². The van der Waals surface area contributed by atoms with Gasteiger partial charge in [0.25, 0.3) is 0 Å². The van der Waals surface area contributed by atoms with Crippen LogP contribution >= 0.6 is 0 Å². The van der Waals surface area contributed by atoms with E-state index in [0.29, 0.717) is 17.9 Å². The zero-order valence-electron chi connectivity index (χ0n) is 19.6. The number of allylic oxidation sites excluding steroid dienone is 1. The lowest BCUT2D eigenvalue weighted by molar-refractivity contribution is -0.116. The molecule has 0 unspecified atom stereocenters. The first-order chi connectivity index (χ1) is 16.4. The number of carbonyl (C=O) groups excluding carboxylic acids is 1. The van der Waals surface area contributed by atoms with Crippen molar-refractivity contribution in [3.8, 4) is 22.6 Å². The van der Waals surface area contributed by atoms with Gasteiger partial charge in [-0.2, -0.15) is 0 Å². The molecule has 6 heteroatoms. The summed E-state index contributed by atoms with van der Waals surface area (Å²) >= 11 is 0. The van der Waals surface area contributed by atoms with Crippen molar-refractivity contribution in [2.75, 3.05) is 14.2 Å². The molecule has 0 spiro atoms. The molecule has 34 heavy (non-hydrogen) atoms. The minimum absolute atomic E-state index is 0.209.